The second-order valence-corrected chi connectivity index (χ2v) is 15.7. The minimum Gasteiger partial charge on any atom is -0.507 e. The predicted octanol–water partition coefficient (Wildman–Crippen LogP) is 2.10. The third-order valence-electron chi connectivity index (χ3n) is 10.2. The number of halogens is 1. The number of hydrogen-bond donors (Lipinski definition) is 8. The normalized spacial score (nSPS) is 23.6. The van der Waals surface area contributed by atoms with E-state index in [1.54, 1.807) is 20.8 Å². The van der Waals surface area contributed by atoms with Gasteiger partial charge in [-0.3, -0.25) is 14.4 Å². The molecule has 312 valence electrons. The fourth-order valence-corrected chi connectivity index (χ4v) is 8.02. The number of hydrogen-bond acceptors (Lipinski definition) is 17. The van der Waals surface area contributed by atoms with E-state index in [4.69, 9.17) is 30.1 Å². The van der Waals surface area contributed by atoms with Gasteiger partial charge in [-0.2, -0.15) is 4.98 Å². The van der Waals surface area contributed by atoms with Gasteiger partial charge in [0.1, 0.15) is 35.2 Å². The number of ketones is 3. The number of methoxy groups -OCH3 is 1. The van der Waals surface area contributed by atoms with Crippen LogP contribution in [-0.2, 0) is 30.7 Å². The Hall–Kier alpha value is -5.12. The van der Waals surface area contributed by atoms with Gasteiger partial charge in [0.25, 0.3) is 10.0 Å². The van der Waals surface area contributed by atoms with Crippen LogP contribution in [0.5, 0.6) is 17.2 Å². The number of nitrogens with two attached hydrogens (primary N) is 2. The van der Waals surface area contributed by atoms with Crippen LogP contribution in [0.4, 0.5) is 11.7 Å². The number of nitrogens with zero attached hydrogens (tertiary/aromatic N) is 1. The van der Waals surface area contributed by atoms with Crippen LogP contribution in [0.25, 0.3) is 0 Å². The first-order valence-electron chi connectivity index (χ1n) is 17.6. The van der Waals surface area contributed by atoms with Crippen molar-refractivity contribution in [2.24, 2.45) is 5.73 Å². The van der Waals surface area contributed by atoms with Gasteiger partial charge in [-0.25, -0.2) is 13.1 Å². The standard InChI is InChI=1S/C27H29NO11.C11H13N3O3S.ClH/c1-10-22(31)13(28)6-17(38-10)39-15-8-27(36,16(30)9-29)7-12-19(15)26(35)21-20(24(12)33)23(32)11-4-3-5-14(37-2)18(11)25(21)34;1-7-8(2)17-11(13-7)14-18(15,16)10-5-3-9(12)4-6-10;/h3-5,10,13,15,17,22,29,31,33,35-36H,6-9,28H2,1-2H3;3-6H,12H2,1-2H3,(H,13,14);1H/t10-,13-,15-,17-,22+,27-;;/m0../s1. The van der Waals surface area contributed by atoms with E-state index in [0.29, 0.717) is 17.1 Å². The highest BCUT2D eigenvalue weighted by Crippen LogP contribution is 2.52. The molecule has 2 aliphatic carbocycles. The number of aromatic nitrogens is 1. The summed E-state index contributed by atoms with van der Waals surface area (Å²) >= 11 is 0. The van der Waals surface area contributed by atoms with Crippen LogP contribution in [0.3, 0.4) is 0 Å². The number of nitrogen functional groups attached to an aromatic ring is 1. The van der Waals surface area contributed by atoms with Gasteiger partial charge < -0.3 is 55.6 Å². The Bertz CT molecular complexity index is 2340. The summed E-state index contributed by atoms with van der Waals surface area (Å²) in [6, 6.07) is 9.46. The average Bonchev–Trinajstić information content (AvgIpc) is 3.48. The molecule has 10 N–H and O–H groups in total. The molecule has 1 aromatic heterocycles. The largest absolute Gasteiger partial charge is 0.507 e. The Morgan fingerprint density at radius 3 is 2.29 bits per heavy atom. The van der Waals surface area contributed by atoms with Crippen LogP contribution in [0.2, 0.25) is 0 Å². The average molecular weight is 847 g/mol. The Balaban J connectivity index is 0.000000283. The third-order valence-corrected chi connectivity index (χ3v) is 11.6. The number of rotatable bonds is 8. The van der Waals surface area contributed by atoms with Gasteiger partial charge in [-0.15, -0.1) is 12.4 Å². The third kappa shape index (κ3) is 7.99. The predicted molar refractivity (Wildman–Crippen MR) is 207 cm³/mol. The SMILES string of the molecule is COc1cccc2c1C(=O)c1c(O)c3c(c(O)c1C2=O)C[C@@](O)(C(=O)CO)C[C@@H]3O[C@H]1C[C@H](N)[C@H](O)[C@H](C)O1.Cc1nc(NS(=O)(=O)c2ccc(N)cc2)oc1C.Cl. The first-order chi connectivity index (χ1) is 26.8. The number of oxazole rings is 1. The number of fused-ring (bicyclic) bond motifs is 3. The van der Waals surface area contributed by atoms with Gasteiger partial charge in [0, 0.05) is 47.7 Å². The number of aliphatic hydroxyl groups excluding tert-OH is 2. The van der Waals surface area contributed by atoms with Crippen molar-refractivity contribution in [1.29, 1.82) is 0 Å². The Kier molecular flexibility index (Phi) is 12.6. The summed E-state index contributed by atoms with van der Waals surface area (Å²) in [5, 5.41) is 53.7. The van der Waals surface area contributed by atoms with Crippen molar-refractivity contribution in [3.63, 3.8) is 0 Å². The van der Waals surface area contributed by atoms with Crippen molar-refractivity contribution in [1.82, 2.24) is 4.98 Å². The molecule has 0 bridgehead atoms. The number of benzene rings is 3. The second-order valence-electron chi connectivity index (χ2n) is 14.0. The second kappa shape index (κ2) is 16.6. The highest BCUT2D eigenvalue weighted by atomic mass is 35.5. The van der Waals surface area contributed by atoms with Crippen molar-refractivity contribution >= 4 is 51.5 Å². The number of carbonyl (C=O) groups excluding carboxylic acids is 3. The van der Waals surface area contributed by atoms with Crippen LogP contribution in [-0.4, -0.2) is 100 Å². The highest BCUT2D eigenvalue weighted by molar-refractivity contribution is 7.92. The Morgan fingerprint density at radius 1 is 1.05 bits per heavy atom. The molecule has 0 amide bonds. The number of aryl methyl sites for hydroxylation is 2. The fraction of sp³-hybridized carbons (Fsp3) is 0.368. The number of carbonyl (C=O) groups is 3. The molecule has 7 rings (SSSR count). The Labute approximate surface area is 338 Å². The van der Waals surface area contributed by atoms with E-state index in [0.717, 1.165) is 0 Å². The molecule has 1 fully saturated rings. The monoisotopic (exact) mass is 846 g/mol. The lowest BCUT2D eigenvalue weighted by Gasteiger charge is -2.42. The summed E-state index contributed by atoms with van der Waals surface area (Å²) in [5.74, 6) is -3.20. The molecular weight excluding hydrogens is 804 g/mol. The first-order valence-corrected chi connectivity index (χ1v) is 19.1. The fourth-order valence-electron chi connectivity index (χ4n) is 7.09. The maximum atomic E-state index is 13.6. The maximum absolute atomic E-state index is 13.6. The minimum atomic E-state index is -3.70. The number of phenols is 2. The van der Waals surface area contributed by atoms with E-state index in [1.165, 1.54) is 49.6 Å². The van der Waals surface area contributed by atoms with Gasteiger partial charge in [0.15, 0.2) is 17.9 Å². The van der Waals surface area contributed by atoms with Gasteiger partial charge in [0.05, 0.1) is 52.7 Å². The molecule has 4 aromatic rings. The van der Waals surface area contributed by atoms with Crippen LogP contribution in [0.15, 0.2) is 51.8 Å². The molecule has 18 nitrogen and oxygen atoms in total. The highest BCUT2D eigenvalue weighted by Gasteiger charge is 2.50. The van der Waals surface area contributed by atoms with Crippen molar-refractivity contribution in [2.75, 3.05) is 24.2 Å². The number of aliphatic hydroxyl groups is 3. The van der Waals surface area contributed by atoms with Gasteiger partial charge >= 0.3 is 6.01 Å². The summed E-state index contributed by atoms with van der Waals surface area (Å²) in [5.41, 5.74) is 9.01. The molecule has 1 saturated heterocycles. The molecule has 3 aliphatic rings. The van der Waals surface area contributed by atoms with Crippen LogP contribution >= 0.6 is 12.4 Å². The topological polar surface area (TPSA) is 304 Å². The zero-order valence-electron chi connectivity index (χ0n) is 31.6. The molecular formula is C38H43ClN4O14S. The van der Waals surface area contributed by atoms with Crippen LogP contribution in [0.1, 0.15) is 80.3 Å². The maximum Gasteiger partial charge on any atom is 0.309 e. The van der Waals surface area contributed by atoms with Gasteiger partial charge in [0.2, 0.25) is 5.78 Å². The van der Waals surface area contributed by atoms with E-state index in [1.807, 2.05) is 0 Å². The molecule has 0 saturated carbocycles. The molecule has 3 aromatic carbocycles. The number of aromatic hydroxyl groups is 2. The van der Waals surface area contributed by atoms with Crippen molar-refractivity contribution in [3.05, 3.63) is 87.3 Å². The molecule has 6 atom stereocenters. The Morgan fingerprint density at radius 2 is 1.71 bits per heavy atom. The molecule has 20 heteroatoms. The quantitative estimate of drug-likeness (QED) is 0.0819. The smallest absolute Gasteiger partial charge is 0.309 e. The summed E-state index contributed by atoms with van der Waals surface area (Å²) in [7, 11) is -2.37. The zero-order chi connectivity index (χ0) is 41.7. The summed E-state index contributed by atoms with van der Waals surface area (Å²) in [4.78, 5) is 43.8. The van der Waals surface area contributed by atoms with E-state index in [2.05, 4.69) is 9.71 Å². The summed E-state index contributed by atoms with van der Waals surface area (Å²) < 4.78 is 48.4. The number of sulfonamides is 1. The molecule has 0 radical (unpaired) electrons. The summed E-state index contributed by atoms with van der Waals surface area (Å²) in [6.45, 7) is 4.01. The number of nitrogens with one attached hydrogen (secondary N) is 1. The van der Waals surface area contributed by atoms with Crippen LogP contribution < -0.4 is 20.9 Å². The molecule has 0 spiro atoms. The van der Waals surface area contributed by atoms with Gasteiger partial charge in [-0.1, -0.05) is 12.1 Å². The van der Waals surface area contributed by atoms with Crippen molar-refractivity contribution in [2.45, 2.75) is 81.2 Å². The molecule has 2 heterocycles. The van der Waals surface area contributed by atoms with Crippen molar-refractivity contribution < 1.29 is 67.0 Å². The molecule has 58 heavy (non-hydrogen) atoms. The first kappa shape index (κ1) is 44.0. The minimum absolute atomic E-state index is 0. The number of phenolic OH excluding ortho intramolecular Hbond substituents is 2. The lowest BCUT2D eigenvalue weighted by molar-refractivity contribution is -0.247. The van der Waals surface area contributed by atoms with Crippen LogP contribution in [0, 0.1) is 13.8 Å². The zero-order valence-corrected chi connectivity index (χ0v) is 33.2. The lowest BCUT2D eigenvalue weighted by atomic mass is 9.72. The summed E-state index contributed by atoms with van der Waals surface area (Å²) in [6.07, 6.45) is -5.12. The van der Waals surface area contributed by atoms with E-state index < -0.39 is 106 Å². The molecule has 0 unspecified atom stereocenters. The number of Topliss-reactive ketones (excluding diaryl/α,β-unsaturated/α-hetero) is 1. The van der Waals surface area contributed by atoms with Crippen molar-refractivity contribution in [3.8, 4) is 17.2 Å². The molecule has 1 aliphatic heterocycles. The van der Waals surface area contributed by atoms with E-state index >= 15 is 0 Å². The van der Waals surface area contributed by atoms with E-state index in [-0.39, 0.29) is 57.7 Å². The van der Waals surface area contributed by atoms with Gasteiger partial charge in [-0.05, 0) is 51.1 Å². The number of anilines is 2. The lowest BCUT2D eigenvalue weighted by Crippen LogP contribution is -2.53. The van der Waals surface area contributed by atoms with E-state index in [9.17, 15) is 48.3 Å². The number of ether oxygens (including phenoxy) is 3.